The summed E-state index contributed by atoms with van der Waals surface area (Å²) in [6.45, 7) is 0. The minimum Gasteiger partial charge on any atom is -0.278 e. The summed E-state index contributed by atoms with van der Waals surface area (Å²) in [6.07, 6.45) is 0. The van der Waals surface area contributed by atoms with Gasteiger partial charge >= 0.3 is 0 Å². The van der Waals surface area contributed by atoms with E-state index in [2.05, 4.69) is 96.8 Å². The SMILES string of the molecule is Clc1ccc(-n2c3ccc(-n4c5ccccc5n5c6ccccc6nc45)cc3n3c4ccccc4nc23)cc1. The molecule has 0 aliphatic rings. The fraction of sp³-hybridized carbons (Fsp3) is 0. The number of nitrogens with zero attached hydrogens (tertiary/aromatic N) is 6. The molecule has 7 heteroatoms. The van der Waals surface area contributed by atoms with Gasteiger partial charge in [-0.05, 0) is 78.9 Å². The van der Waals surface area contributed by atoms with E-state index in [4.69, 9.17) is 21.6 Å². The molecule has 0 spiro atoms. The molecule has 0 bridgehead atoms. The Balaban J connectivity index is 1.42. The van der Waals surface area contributed by atoms with Crippen molar-refractivity contribution in [2.75, 3.05) is 0 Å². The lowest BCUT2D eigenvalue weighted by atomic mass is 10.2. The van der Waals surface area contributed by atoms with E-state index in [9.17, 15) is 0 Å². The lowest BCUT2D eigenvalue weighted by Gasteiger charge is -2.08. The number of rotatable bonds is 2. The predicted octanol–water partition coefficient (Wildman–Crippen LogP) is 7.83. The molecule has 0 fully saturated rings. The molecule has 39 heavy (non-hydrogen) atoms. The van der Waals surface area contributed by atoms with Crippen molar-refractivity contribution in [1.82, 2.24) is 27.9 Å². The van der Waals surface area contributed by atoms with Crippen LogP contribution in [0.15, 0.2) is 115 Å². The molecule has 0 atom stereocenters. The Labute approximate surface area is 226 Å². The van der Waals surface area contributed by atoms with Crippen LogP contribution in [0.4, 0.5) is 0 Å². The first-order chi connectivity index (χ1) is 19.3. The van der Waals surface area contributed by atoms with Gasteiger partial charge in [-0.2, -0.15) is 0 Å². The molecular formula is C32H19ClN6. The van der Waals surface area contributed by atoms with E-state index in [0.717, 1.165) is 67.1 Å². The molecule has 0 saturated heterocycles. The zero-order valence-electron chi connectivity index (χ0n) is 20.5. The molecule has 9 rings (SSSR count). The molecule has 0 aliphatic carbocycles. The smallest absolute Gasteiger partial charge is 0.220 e. The molecule has 184 valence electrons. The minimum atomic E-state index is 0.706. The van der Waals surface area contributed by atoms with E-state index in [0.29, 0.717) is 5.02 Å². The van der Waals surface area contributed by atoms with Crippen LogP contribution in [0.3, 0.4) is 0 Å². The zero-order chi connectivity index (χ0) is 25.7. The normalized spacial score (nSPS) is 12.2. The minimum absolute atomic E-state index is 0.706. The number of para-hydroxylation sites is 6. The Kier molecular flexibility index (Phi) is 4.02. The first kappa shape index (κ1) is 20.9. The number of aromatic nitrogens is 6. The average Bonchev–Trinajstić information content (AvgIpc) is 3.69. The molecule has 0 unspecified atom stereocenters. The maximum Gasteiger partial charge on any atom is 0.220 e. The van der Waals surface area contributed by atoms with Gasteiger partial charge in [0.05, 0.1) is 49.8 Å². The van der Waals surface area contributed by atoms with Crippen LogP contribution < -0.4 is 0 Å². The van der Waals surface area contributed by atoms with Crippen LogP contribution in [0.5, 0.6) is 0 Å². The van der Waals surface area contributed by atoms with E-state index < -0.39 is 0 Å². The highest BCUT2D eigenvalue weighted by atomic mass is 35.5. The molecule has 4 heterocycles. The third-order valence-electron chi connectivity index (χ3n) is 7.63. The Bertz CT molecular complexity index is 2400. The Hall–Kier alpha value is -5.07. The van der Waals surface area contributed by atoms with Crippen LogP contribution in [0, 0.1) is 0 Å². The van der Waals surface area contributed by atoms with Crippen LogP contribution in [0.1, 0.15) is 0 Å². The van der Waals surface area contributed by atoms with E-state index in [1.54, 1.807) is 0 Å². The lowest BCUT2D eigenvalue weighted by molar-refractivity contribution is 1.11. The number of hydrogen-bond donors (Lipinski definition) is 0. The van der Waals surface area contributed by atoms with Crippen LogP contribution in [0.25, 0.3) is 67.1 Å². The molecule has 0 amide bonds. The molecule has 6 nitrogen and oxygen atoms in total. The number of benzene rings is 5. The van der Waals surface area contributed by atoms with Gasteiger partial charge < -0.3 is 0 Å². The van der Waals surface area contributed by atoms with Gasteiger partial charge in [0.15, 0.2) is 0 Å². The summed E-state index contributed by atoms with van der Waals surface area (Å²) in [4.78, 5) is 10.1. The summed E-state index contributed by atoms with van der Waals surface area (Å²) in [7, 11) is 0. The second-order valence-electron chi connectivity index (χ2n) is 9.78. The summed E-state index contributed by atoms with van der Waals surface area (Å²) in [5.41, 5.74) is 10.5. The molecule has 0 aliphatic heterocycles. The predicted molar refractivity (Wildman–Crippen MR) is 158 cm³/mol. The largest absolute Gasteiger partial charge is 0.278 e. The van der Waals surface area contributed by atoms with Gasteiger partial charge in [-0.1, -0.05) is 48.0 Å². The summed E-state index contributed by atoms with van der Waals surface area (Å²) in [5.74, 6) is 1.75. The van der Waals surface area contributed by atoms with E-state index >= 15 is 0 Å². The molecule has 9 aromatic rings. The zero-order valence-corrected chi connectivity index (χ0v) is 21.3. The number of halogens is 1. The van der Waals surface area contributed by atoms with E-state index in [-0.39, 0.29) is 0 Å². The average molecular weight is 523 g/mol. The third kappa shape index (κ3) is 2.76. The molecule has 0 saturated carbocycles. The highest BCUT2D eigenvalue weighted by Crippen LogP contribution is 2.34. The molecule has 0 radical (unpaired) electrons. The van der Waals surface area contributed by atoms with E-state index in [1.807, 2.05) is 36.4 Å². The van der Waals surface area contributed by atoms with Crippen molar-refractivity contribution in [2.45, 2.75) is 0 Å². The maximum absolute atomic E-state index is 6.24. The van der Waals surface area contributed by atoms with Crippen LogP contribution in [-0.4, -0.2) is 27.9 Å². The van der Waals surface area contributed by atoms with Crippen LogP contribution >= 0.6 is 11.6 Å². The second-order valence-corrected chi connectivity index (χ2v) is 10.2. The van der Waals surface area contributed by atoms with Crippen LogP contribution in [0.2, 0.25) is 5.02 Å². The van der Waals surface area contributed by atoms with Gasteiger partial charge in [0, 0.05) is 10.7 Å². The van der Waals surface area contributed by atoms with Crippen molar-refractivity contribution >= 4 is 67.3 Å². The van der Waals surface area contributed by atoms with Gasteiger partial charge in [0.25, 0.3) is 0 Å². The van der Waals surface area contributed by atoms with Gasteiger partial charge in [0.2, 0.25) is 11.6 Å². The van der Waals surface area contributed by atoms with Crippen molar-refractivity contribution < 1.29 is 0 Å². The first-order valence-electron chi connectivity index (χ1n) is 12.8. The van der Waals surface area contributed by atoms with Crippen molar-refractivity contribution in [3.8, 4) is 11.4 Å². The summed E-state index contributed by atoms with van der Waals surface area (Å²) < 4.78 is 8.94. The number of fused-ring (bicyclic) bond motifs is 10. The Morgan fingerprint density at radius 2 is 0.923 bits per heavy atom. The quantitative estimate of drug-likeness (QED) is 0.232. The topological polar surface area (TPSA) is 44.5 Å². The van der Waals surface area contributed by atoms with Gasteiger partial charge in [-0.3, -0.25) is 17.9 Å². The molecule has 5 aromatic carbocycles. The van der Waals surface area contributed by atoms with E-state index in [1.165, 1.54) is 0 Å². The highest BCUT2D eigenvalue weighted by Gasteiger charge is 2.20. The van der Waals surface area contributed by atoms with Crippen molar-refractivity contribution in [3.63, 3.8) is 0 Å². The molecule has 4 aromatic heterocycles. The van der Waals surface area contributed by atoms with Gasteiger partial charge in [-0.15, -0.1) is 0 Å². The second kappa shape index (κ2) is 7.49. The Morgan fingerprint density at radius 3 is 1.59 bits per heavy atom. The monoisotopic (exact) mass is 522 g/mol. The molecular weight excluding hydrogens is 504 g/mol. The standard InChI is InChI=1S/C32H19ClN6/c33-20-13-15-21(16-14-20)36-29-18-17-22(19-30(29)39-26-10-4-2-8-24(26)34-31(36)39)37-27-11-5-6-12-28(27)38-25-9-3-1-7-23(25)35-32(37)38/h1-19H. The van der Waals surface area contributed by atoms with Gasteiger partial charge in [0.1, 0.15) is 0 Å². The molecule has 0 N–H and O–H groups in total. The fourth-order valence-electron chi connectivity index (χ4n) is 5.98. The lowest BCUT2D eigenvalue weighted by Crippen LogP contribution is -1.97. The highest BCUT2D eigenvalue weighted by molar-refractivity contribution is 6.30. The van der Waals surface area contributed by atoms with Crippen molar-refractivity contribution in [2.24, 2.45) is 0 Å². The Morgan fingerprint density at radius 1 is 0.436 bits per heavy atom. The van der Waals surface area contributed by atoms with Crippen molar-refractivity contribution in [3.05, 3.63) is 120 Å². The number of hydrogen-bond acceptors (Lipinski definition) is 2. The first-order valence-corrected chi connectivity index (χ1v) is 13.2. The van der Waals surface area contributed by atoms with Crippen LogP contribution in [-0.2, 0) is 0 Å². The summed E-state index contributed by atoms with van der Waals surface area (Å²) in [5, 5.41) is 0.706. The summed E-state index contributed by atoms with van der Waals surface area (Å²) in [6, 6.07) is 39.5. The summed E-state index contributed by atoms with van der Waals surface area (Å²) >= 11 is 6.24. The number of imidazole rings is 4. The third-order valence-corrected chi connectivity index (χ3v) is 7.89. The fourth-order valence-corrected chi connectivity index (χ4v) is 6.10. The van der Waals surface area contributed by atoms with Gasteiger partial charge in [-0.25, -0.2) is 9.97 Å². The maximum atomic E-state index is 6.24. The van der Waals surface area contributed by atoms with Crippen molar-refractivity contribution in [1.29, 1.82) is 0 Å².